The number of rotatable bonds is 3. The maximum absolute atomic E-state index is 11.3. The highest BCUT2D eigenvalue weighted by atomic mass is 16.1. The van der Waals surface area contributed by atoms with E-state index in [0.29, 0.717) is 6.54 Å². The van der Waals surface area contributed by atoms with Gasteiger partial charge in [-0.3, -0.25) is 9.48 Å². The fraction of sp³-hybridized carbons (Fsp3) is 0.200. The molecule has 2 rings (SSSR count). The average Bonchev–Trinajstić information content (AvgIpc) is 2.69. The van der Waals surface area contributed by atoms with Crippen LogP contribution in [0.3, 0.4) is 0 Å². The van der Waals surface area contributed by atoms with Crippen LogP contribution in [0.4, 0.5) is 0 Å². The Labute approximate surface area is 81.4 Å². The second-order valence-corrected chi connectivity index (χ2v) is 3.00. The van der Waals surface area contributed by atoms with Crippen molar-refractivity contribution < 1.29 is 0 Å². The molecular formula is C10H11N3O. The van der Waals surface area contributed by atoms with Gasteiger partial charge >= 0.3 is 0 Å². The molecule has 0 aliphatic heterocycles. The molecule has 0 aromatic carbocycles. The van der Waals surface area contributed by atoms with Crippen molar-refractivity contribution in [1.82, 2.24) is 14.3 Å². The molecule has 2 aromatic heterocycles. The third-order valence-electron chi connectivity index (χ3n) is 2.03. The van der Waals surface area contributed by atoms with E-state index in [4.69, 9.17) is 0 Å². The van der Waals surface area contributed by atoms with E-state index in [9.17, 15) is 4.79 Å². The van der Waals surface area contributed by atoms with Crippen molar-refractivity contribution in [1.29, 1.82) is 0 Å². The fourth-order valence-corrected chi connectivity index (χ4v) is 1.29. The molecule has 0 spiro atoms. The minimum atomic E-state index is 0.0275. The minimum absolute atomic E-state index is 0.0275. The van der Waals surface area contributed by atoms with Gasteiger partial charge in [0.25, 0.3) is 5.56 Å². The monoisotopic (exact) mass is 189 g/mol. The van der Waals surface area contributed by atoms with Gasteiger partial charge in [-0.05, 0) is 12.1 Å². The summed E-state index contributed by atoms with van der Waals surface area (Å²) in [5.74, 6) is 0. The van der Waals surface area contributed by atoms with Crippen molar-refractivity contribution in [3.05, 3.63) is 53.2 Å². The highest BCUT2D eigenvalue weighted by Gasteiger charge is 1.94. The summed E-state index contributed by atoms with van der Waals surface area (Å²) in [6, 6.07) is 7.02. The molecule has 0 unspecified atom stereocenters. The summed E-state index contributed by atoms with van der Waals surface area (Å²) < 4.78 is 3.47. The molecular weight excluding hydrogens is 178 g/mol. The van der Waals surface area contributed by atoms with E-state index in [-0.39, 0.29) is 5.56 Å². The van der Waals surface area contributed by atoms with E-state index in [0.717, 1.165) is 6.54 Å². The second kappa shape index (κ2) is 3.91. The van der Waals surface area contributed by atoms with Gasteiger partial charge in [0, 0.05) is 31.2 Å². The maximum atomic E-state index is 11.3. The van der Waals surface area contributed by atoms with Crippen LogP contribution in [-0.2, 0) is 13.1 Å². The molecule has 0 saturated carbocycles. The number of aromatic nitrogens is 3. The number of hydrogen-bond acceptors (Lipinski definition) is 2. The first-order valence-corrected chi connectivity index (χ1v) is 4.49. The lowest BCUT2D eigenvalue weighted by molar-refractivity contribution is 0.524. The van der Waals surface area contributed by atoms with Crippen LogP contribution in [0.1, 0.15) is 0 Å². The molecule has 0 N–H and O–H groups in total. The topological polar surface area (TPSA) is 39.8 Å². The Balaban J connectivity index is 2.06. The first-order chi connectivity index (χ1) is 6.86. The van der Waals surface area contributed by atoms with Crippen molar-refractivity contribution in [3.63, 3.8) is 0 Å². The Morgan fingerprint density at radius 1 is 1.14 bits per heavy atom. The molecule has 0 saturated heterocycles. The van der Waals surface area contributed by atoms with Crippen LogP contribution in [0.2, 0.25) is 0 Å². The predicted molar refractivity (Wildman–Crippen MR) is 52.9 cm³/mol. The lowest BCUT2D eigenvalue weighted by Gasteiger charge is -2.04. The Kier molecular flexibility index (Phi) is 2.44. The molecule has 2 aromatic rings. The summed E-state index contributed by atoms with van der Waals surface area (Å²) >= 11 is 0. The van der Waals surface area contributed by atoms with Gasteiger partial charge in [0.1, 0.15) is 0 Å². The van der Waals surface area contributed by atoms with Crippen molar-refractivity contribution in [3.8, 4) is 0 Å². The molecule has 14 heavy (non-hydrogen) atoms. The lowest BCUT2D eigenvalue weighted by Crippen LogP contribution is -2.20. The fourth-order valence-electron chi connectivity index (χ4n) is 1.29. The molecule has 0 fully saturated rings. The molecule has 0 atom stereocenters. The molecule has 2 heterocycles. The second-order valence-electron chi connectivity index (χ2n) is 3.00. The molecule has 4 nitrogen and oxygen atoms in total. The number of pyridine rings is 1. The third-order valence-corrected chi connectivity index (χ3v) is 2.03. The van der Waals surface area contributed by atoms with Crippen LogP contribution in [0.5, 0.6) is 0 Å². The molecule has 0 aliphatic rings. The molecule has 0 radical (unpaired) electrons. The summed E-state index contributed by atoms with van der Waals surface area (Å²) in [5.41, 5.74) is 0.0275. The van der Waals surface area contributed by atoms with Gasteiger partial charge in [-0.25, -0.2) is 0 Å². The van der Waals surface area contributed by atoms with Gasteiger partial charge in [0.15, 0.2) is 0 Å². The van der Waals surface area contributed by atoms with Gasteiger partial charge in [-0.15, -0.1) is 0 Å². The van der Waals surface area contributed by atoms with E-state index < -0.39 is 0 Å². The van der Waals surface area contributed by atoms with Gasteiger partial charge in [0.2, 0.25) is 0 Å². The normalized spacial score (nSPS) is 10.3. The SMILES string of the molecule is O=c1ccccn1CCn1cccn1. The smallest absolute Gasteiger partial charge is 0.250 e. The Morgan fingerprint density at radius 3 is 2.79 bits per heavy atom. The zero-order chi connectivity index (χ0) is 9.80. The van der Waals surface area contributed by atoms with Gasteiger partial charge < -0.3 is 4.57 Å². The molecule has 0 bridgehead atoms. The Hall–Kier alpha value is -1.84. The van der Waals surface area contributed by atoms with E-state index in [1.165, 1.54) is 0 Å². The summed E-state index contributed by atoms with van der Waals surface area (Å²) in [7, 11) is 0. The first-order valence-electron chi connectivity index (χ1n) is 4.49. The van der Waals surface area contributed by atoms with Crippen LogP contribution in [0.15, 0.2) is 47.7 Å². The van der Waals surface area contributed by atoms with Crippen LogP contribution in [0.25, 0.3) is 0 Å². The van der Waals surface area contributed by atoms with Gasteiger partial charge in [-0.2, -0.15) is 5.10 Å². The number of hydrogen-bond donors (Lipinski definition) is 0. The van der Waals surface area contributed by atoms with E-state index >= 15 is 0 Å². The standard InChI is InChI=1S/C10H11N3O/c14-10-4-1-2-6-12(10)8-9-13-7-3-5-11-13/h1-7H,8-9H2. The van der Waals surface area contributed by atoms with Crippen molar-refractivity contribution in [2.24, 2.45) is 0 Å². The number of nitrogens with zero attached hydrogens (tertiary/aromatic N) is 3. The first kappa shape index (κ1) is 8.74. The quantitative estimate of drug-likeness (QED) is 0.714. The van der Waals surface area contributed by atoms with Gasteiger partial charge in [0.05, 0.1) is 6.54 Å². The van der Waals surface area contributed by atoms with Crippen LogP contribution >= 0.6 is 0 Å². The zero-order valence-corrected chi connectivity index (χ0v) is 7.71. The van der Waals surface area contributed by atoms with E-state index in [1.807, 2.05) is 18.3 Å². The highest BCUT2D eigenvalue weighted by molar-refractivity contribution is 4.93. The minimum Gasteiger partial charge on any atom is -0.314 e. The largest absolute Gasteiger partial charge is 0.314 e. The Bertz CT molecular complexity index is 444. The zero-order valence-electron chi connectivity index (χ0n) is 7.71. The van der Waals surface area contributed by atoms with Crippen LogP contribution in [0, 0.1) is 0 Å². The summed E-state index contributed by atoms with van der Waals surface area (Å²) in [6.07, 6.45) is 5.40. The lowest BCUT2D eigenvalue weighted by atomic mass is 10.4. The van der Waals surface area contributed by atoms with Crippen molar-refractivity contribution >= 4 is 0 Å². The maximum Gasteiger partial charge on any atom is 0.250 e. The summed E-state index contributed by atoms with van der Waals surface area (Å²) in [5, 5.41) is 4.06. The third kappa shape index (κ3) is 1.90. The summed E-state index contributed by atoms with van der Waals surface area (Å²) in [6.45, 7) is 1.37. The van der Waals surface area contributed by atoms with Crippen LogP contribution in [-0.4, -0.2) is 14.3 Å². The van der Waals surface area contributed by atoms with Gasteiger partial charge in [-0.1, -0.05) is 6.07 Å². The number of aryl methyl sites for hydroxylation is 2. The highest BCUT2D eigenvalue weighted by Crippen LogP contribution is 1.88. The molecule has 72 valence electrons. The van der Waals surface area contributed by atoms with Crippen molar-refractivity contribution in [2.75, 3.05) is 0 Å². The molecule has 4 heteroatoms. The molecule has 0 amide bonds. The van der Waals surface area contributed by atoms with Crippen molar-refractivity contribution in [2.45, 2.75) is 13.1 Å². The summed E-state index contributed by atoms with van der Waals surface area (Å²) in [4.78, 5) is 11.3. The Morgan fingerprint density at radius 2 is 2.07 bits per heavy atom. The van der Waals surface area contributed by atoms with Crippen LogP contribution < -0.4 is 5.56 Å². The average molecular weight is 189 g/mol. The van der Waals surface area contributed by atoms with E-state index in [2.05, 4.69) is 5.10 Å². The van der Waals surface area contributed by atoms with E-state index in [1.54, 1.807) is 33.8 Å². The predicted octanol–water partition coefficient (Wildman–Crippen LogP) is 0.745. The molecule has 0 aliphatic carbocycles.